The molecule has 1 aromatic carbocycles. The Morgan fingerprint density at radius 2 is 1.26 bits per heavy atom. The van der Waals surface area contributed by atoms with E-state index in [4.69, 9.17) is 23.7 Å². The van der Waals surface area contributed by atoms with Crippen molar-refractivity contribution in [3.8, 4) is 11.5 Å². The van der Waals surface area contributed by atoms with Gasteiger partial charge in [0.1, 0.15) is 18.1 Å². The predicted octanol–water partition coefficient (Wildman–Crippen LogP) is 3.54. The summed E-state index contributed by atoms with van der Waals surface area (Å²) < 4.78 is 26.9. The molecule has 23 heavy (non-hydrogen) atoms. The Morgan fingerprint density at radius 1 is 0.739 bits per heavy atom. The molecule has 0 amide bonds. The molecule has 5 nitrogen and oxygen atoms in total. The van der Waals surface area contributed by atoms with E-state index in [1.54, 1.807) is 14.2 Å². The zero-order valence-electron chi connectivity index (χ0n) is 13.6. The maximum Gasteiger partial charge on any atom is 0.124 e. The molecule has 0 radical (unpaired) electrons. The molecule has 0 aromatic heterocycles. The highest BCUT2D eigenvalue weighted by atomic mass is 79.9. The maximum atomic E-state index is 5.82. The Balaban J connectivity index is 2.34. The van der Waals surface area contributed by atoms with Crippen LogP contribution in [0.25, 0.3) is 0 Å². The van der Waals surface area contributed by atoms with E-state index in [1.807, 2.05) is 12.1 Å². The molecule has 0 bridgehead atoms. The minimum Gasteiger partial charge on any atom is -0.496 e. The van der Waals surface area contributed by atoms with Crippen LogP contribution in [0, 0.1) is 0 Å². The summed E-state index contributed by atoms with van der Waals surface area (Å²) in [6.45, 7) is 3.31. The van der Waals surface area contributed by atoms with Crippen LogP contribution in [0.1, 0.15) is 11.1 Å². The molecule has 0 N–H and O–H groups in total. The fourth-order valence-corrected chi connectivity index (χ4v) is 2.73. The SMILES string of the molecule is COCCOCCOCCOc1cc(CBr)c(OC)cc1CBr. The smallest absolute Gasteiger partial charge is 0.124 e. The first kappa shape index (κ1) is 20.7. The van der Waals surface area contributed by atoms with E-state index >= 15 is 0 Å². The fraction of sp³-hybridized carbons (Fsp3) is 0.625. The molecule has 0 saturated heterocycles. The van der Waals surface area contributed by atoms with Crippen LogP contribution < -0.4 is 9.47 Å². The summed E-state index contributed by atoms with van der Waals surface area (Å²) in [4.78, 5) is 0. The van der Waals surface area contributed by atoms with Crippen molar-refractivity contribution in [3.05, 3.63) is 23.3 Å². The topological polar surface area (TPSA) is 46.2 Å². The second-order valence-corrected chi connectivity index (χ2v) is 5.73. The quantitative estimate of drug-likeness (QED) is 0.336. The molecular formula is C16H24Br2O5. The zero-order chi connectivity index (χ0) is 16.9. The third-order valence-electron chi connectivity index (χ3n) is 3.04. The standard InChI is InChI=1S/C16H24Br2O5/c1-19-3-4-21-5-6-22-7-8-23-16-10-13(11-17)15(20-2)9-14(16)12-18/h9-10H,3-8,11-12H2,1-2H3. The van der Waals surface area contributed by atoms with Crippen LogP contribution in [0.2, 0.25) is 0 Å². The van der Waals surface area contributed by atoms with Crippen molar-refractivity contribution in [2.75, 3.05) is 53.9 Å². The Labute approximate surface area is 154 Å². The van der Waals surface area contributed by atoms with Gasteiger partial charge in [0.25, 0.3) is 0 Å². The summed E-state index contributed by atoms with van der Waals surface area (Å²) in [5, 5.41) is 1.42. The average Bonchev–Trinajstić information content (AvgIpc) is 2.59. The van der Waals surface area contributed by atoms with Gasteiger partial charge in [0.15, 0.2) is 0 Å². The molecule has 0 heterocycles. The van der Waals surface area contributed by atoms with E-state index < -0.39 is 0 Å². The van der Waals surface area contributed by atoms with Crippen LogP contribution in [0.15, 0.2) is 12.1 Å². The third kappa shape index (κ3) is 7.85. The summed E-state index contributed by atoms with van der Waals surface area (Å²) in [5.74, 6) is 1.70. The molecule has 7 heteroatoms. The van der Waals surface area contributed by atoms with Crippen molar-refractivity contribution in [1.82, 2.24) is 0 Å². The van der Waals surface area contributed by atoms with Crippen LogP contribution >= 0.6 is 31.9 Å². The number of benzene rings is 1. The maximum absolute atomic E-state index is 5.82. The molecule has 0 aliphatic heterocycles. The van der Waals surface area contributed by atoms with Gasteiger partial charge in [-0.1, -0.05) is 31.9 Å². The van der Waals surface area contributed by atoms with E-state index in [2.05, 4.69) is 31.9 Å². The molecule has 0 aliphatic carbocycles. The second-order valence-electron chi connectivity index (χ2n) is 4.61. The average molecular weight is 456 g/mol. The predicted molar refractivity (Wildman–Crippen MR) is 97.3 cm³/mol. The highest BCUT2D eigenvalue weighted by molar-refractivity contribution is 9.08. The normalized spacial score (nSPS) is 10.8. The van der Waals surface area contributed by atoms with Gasteiger partial charge >= 0.3 is 0 Å². The van der Waals surface area contributed by atoms with E-state index in [0.717, 1.165) is 22.6 Å². The molecular weight excluding hydrogens is 432 g/mol. The second kappa shape index (κ2) is 13.0. The van der Waals surface area contributed by atoms with Crippen LogP contribution in [0.5, 0.6) is 11.5 Å². The van der Waals surface area contributed by atoms with Crippen molar-refractivity contribution in [2.45, 2.75) is 10.7 Å². The Hall–Kier alpha value is -0.340. The van der Waals surface area contributed by atoms with Gasteiger partial charge in [0.2, 0.25) is 0 Å². The van der Waals surface area contributed by atoms with Crippen LogP contribution in [0.3, 0.4) is 0 Å². The van der Waals surface area contributed by atoms with E-state index in [9.17, 15) is 0 Å². The number of rotatable bonds is 13. The lowest BCUT2D eigenvalue weighted by atomic mass is 10.1. The van der Waals surface area contributed by atoms with Gasteiger partial charge in [-0.15, -0.1) is 0 Å². The van der Waals surface area contributed by atoms with Crippen molar-refractivity contribution in [2.24, 2.45) is 0 Å². The lowest BCUT2D eigenvalue weighted by Gasteiger charge is -2.14. The molecule has 0 atom stereocenters. The van der Waals surface area contributed by atoms with Crippen LogP contribution in [-0.2, 0) is 24.9 Å². The van der Waals surface area contributed by atoms with Crippen molar-refractivity contribution in [1.29, 1.82) is 0 Å². The van der Waals surface area contributed by atoms with E-state index in [-0.39, 0.29) is 0 Å². The van der Waals surface area contributed by atoms with Gasteiger partial charge in [0.05, 0.1) is 40.1 Å². The Kier molecular flexibility index (Phi) is 11.7. The van der Waals surface area contributed by atoms with Gasteiger partial charge in [-0.3, -0.25) is 0 Å². The molecule has 0 fully saturated rings. The van der Waals surface area contributed by atoms with Crippen molar-refractivity contribution >= 4 is 31.9 Å². The van der Waals surface area contributed by atoms with Gasteiger partial charge in [-0.25, -0.2) is 0 Å². The van der Waals surface area contributed by atoms with Gasteiger partial charge in [-0.2, -0.15) is 0 Å². The lowest BCUT2D eigenvalue weighted by Crippen LogP contribution is -2.12. The largest absolute Gasteiger partial charge is 0.496 e. The fourth-order valence-electron chi connectivity index (χ4n) is 1.85. The summed E-state index contributed by atoms with van der Waals surface area (Å²) in [5.41, 5.74) is 2.11. The number of ether oxygens (including phenoxy) is 5. The lowest BCUT2D eigenvalue weighted by molar-refractivity contribution is 0.0179. The molecule has 0 saturated carbocycles. The number of methoxy groups -OCH3 is 2. The number of halogens is 2. The van der Waals surface area contributed by atoms with E-state index in [0.29, 0.717) is 50.3 Å². The van der Waals surface area contributed by atoms with Crippen LogP contribution in [0.4, 0.5) is 0 Å². The molecule has 1 aromatic rings. The van der Waals surface area contributed by atoms with E-state index in [1.165, 1.54) is 0 Å². The minimum atomic E-state index is 0.492. The summed E-state index contributed by atoms with van der Waals surface area (Å²) in [6.07, 6.45) is 0. The molecule has 0 aliphatic rings. The highest BCUT2D eigenvalue weighted by Crippen LogP contribution is 2.31. The summed E-state index contributed by atoms with van der Waals surface area (Å²) in [6, 6.07) is 3.99. The number of hydrogen-bond donors (Lipinski definition) is 0. The first-order valence-corrected chi connectivity index (χ1v) is 9.60. The third-order valence-corrected chi connectivity index (χ3v) is 4.25. The Bertz CT molecular complexity index is 443. The molecule has 132 valence electrons. The van der Waals surface area contributed by atoms with Crippen molar-refractivity contribution in [3.63, 3.8) is 0 Å². The van der Waals surface area contributed by atoms with Crippen molar-refractivity contribution < 1.29 is 23.7 Å². The minimum absolute atomic E-state index is 0.492. The first-order valence-electron chi connectivity index (χ1n) is 7.35. The van der Waals surface area contributed by atoms with Crippen LogP contribution in [-0.4, -0.2) is 53.9 Å². The van der Waals surface area contributed by atoms with Gasteiger partial charge in [0, 0.05) is 28.9 Å². The molecule has 0 spiro atoms. The Morgan fingerprint density at radius 3 is 1.83 bits per heavy atom. The molecule has 0 unspecified atom stereocenters. The first-order chi connectivity index (χ1) is 11.3. The van der Waals surface area contributed by atoms with Gasteiger partial charge in [-0.05, 0) is 12.1 Å². The number of hydrogen-bond acceptors (Lipinski definition) is 5. The van der Waals surface area contributed by atoms with Gasteiger partial charge < -0.3 is 23.7 Å². The molecule has 1 rings (SSSR count). The monoisotopic (exact) mass is 454 g/mol. The number of alkyl halides is 2. The highest BCUT2D eigenvalue weighted by Gasteiger charge is 2.10. The zero-order valence-corrected chi connectivity index (χ0v) is 16.8. The summed E-state index contributed by atoms with van der Waals surface area (Å²) in [7, 11) is 3.32. The summed E-state index contributed by atoms with van der Waals surface area (Å²) >= 11 is 6.94.